The van der Waals surface area contributed by atoms with Crippen molar-refractivity contribution in [3.8, 4) is 0 Å². The van der Waals surface area contributed by atoms with Gasteiger partial charge in [0.25, 0.3) is 0 Å². The van der Waals surface area contributed by atoms with Gasteiger partial charge in [-0.25, -0.2) is 0 Å². The molecular weight excluding hydrogens is 172 g/mol. The predicted octanol–water partition coefficient (Wildman–Crippen LogP) is 0.979. The molecule has 0 aromatic rings. The molecule has 12 heavy (non-hydrogen) atoms. The second-order valence-corrected chi connectivity index (χ2v) is 3.19. The fourth-order valence-corrected chi connectivity index (χ4v) is 1.09. The molecule has 0 fully saturated rings. The van der Waals surface area contributed by atoms with Gasteiger partial charge in [-0.05, 0) is 25.6 Å². The van der Waals surface area contributed by atoms with Crippen molar-refractivity contribution in [2.75, 3.05) is 6.54 Å². The maximum Gasteiger partial charge on any atom is 0.168 e. The van der Waals surface area contributed by atoms with Crippen molar-refractivity contribution < 1.29 is 5.11 Å². The summed E-state index contributed by atoms with van der Waals surface area (Å²) in [5.74, 6) is 0. The Kier molecular flexibility index (Phi) is 7.09. The van der Waals surface area contributed by atoms with E-state index < -0.39 is 6.23 Å². The number of aliphatic hydroxyl groups is 1. The van der Waals surface area contributed by atoms with Gasteiger partial charge in [-0.1, -0.05) is 19.8 Å². The zero-order chi connectivity index (χ0) is 9.40. The molecule has 4 heteroatoms. The first kappa shape index (κ1) is 11.6. The third-order valence-corrected chi connectivity index (χ3v) is 1.67. The monoisotopic (exact) mass is 190 g/mol. The van der Waals surface area contributed by atoms with Crippen LogP contribution in [0, 0.1) is 0 Å². The zero-order valence-corrected chi connectivity index (χ0v) is 8.58. The standard InChI is InChI=1S/C8H18N2OS/c1-3-4-5-6-9-8(12)10-7(2)11/h7,11H,3-6H2,1-2H3,(H2,9,10,12). The third-order valence-electron chi connectivity index (χ3n) is 1.41. The van der Waals surface area contributed by atoms with E-state index in [1.54, 1.807) is 6.92 Å². The zero-order valence-electron chi connectivity index (χ0n) is 7.76. The van der Waals surface area contributed by atoms with Crippen LogP contribution in [0.15, 0.2) is 0 Å². The van der Waals surface area contributed by atoms with Gasteiger partial charge in [-0.3, -0.25) is 0 Å². The fourth-order valence-electron chi connectivity index (χ4n) is 0.818. The lowest BCUT2D eigenvalue weighted by Gasteiger charge is -2.11. The Balaban J connectivity index is 3.20. The molecule has 0 spiro atoms. The number of aliphatic hydroxyl groups excluding tert-OH is 1. The summed E-state index contributed by atoms with van der Waals surface area (Å²) < 4.78 is 0. The Hall–Kier alpha value is -0.350. The Morgan fingerprint density at radius 3 is 2.67 bits per heavy atom. The molecule has 0 heterocycles. The summed E-state index contributed by atoms with van der Waals surface area (Å²) in [7, 11) is 0. The van der Waals surface area contributed by atoms with Crippen LogP contribution in [0.25, 0.3) is 0 Å². The van der Waals surface area contributed by atoms with E-state index in [2.05, 4.69) is 17.6 Å². The van der Waals surface area contributed by atoms with Crippen molar-refractivity contribution in [2.45, 2.75) is 39.3 Å². The van der Waals surface area contributed by atoms with Gasteiger partial charge in [0.2, 0.25) is 0 Å². The molecular formula is C8H18N2OS. The molecule has 0 aliphatic carbocycles. The van der Waals surface area contributed by atoms with E-state index >= 15 is 0 Å². The Labute approximate surface area is 79.5 Å². The summed E-state index contributed by atoms with van der Waals surface area (Å²) in [6.07, 6.45) is 2.97. The smallest absolute Gasteiger partial charge is 0.168 e. The summed E-state index contributed by atoms with van der Waals surface area (Å²) in [5.41, 5.74) is 0. The van der Waals surface area contributed by atoms with Crippen LogP contribution in [-0.2, 0) is 0 Å². The number of hydrogen-bond donors (Lipinski definition) is 3. The number of rotatable bonds is 5. The average molecular weight is 190 g/mol. The van der Waals surface area contributed by atoms with Crippen LogP contribution in [-0.4, -0.2) is 23.0 Å². The highest BCUT2D eigenvalue weighted by Gasteiger charge is 1.96. The van der Waals surface area contributed by atoms with Crippen molar-refractivity contribution in [2.24, 2.45) is 0 Å². The van der Waals surface area contributed by atoms with E-state index in [4.69, 9.17) is 17.3 Å². The van der Waals surface area contributed by atoms with E-state index in [0.29, 0.717) is 5.11 Å². The lowest BCUT2D eigenvalue weighted by atomic mass is 10.2. The summed E-state index contributed by atoms with van der Waals surface area (Å²) in [6.45, 7) is 4.68. The van der Waals surface area contributed by atoms with Gasteiger partial charge in [-0.15, -0.1) is 0 Å². The van der Waals surface area contributed by atoms with Gasteiger partial charge in [0.05, 0.1) is 0 Å². The normalized spacial score (nSPS) is 12.2. The maximum atomic E-state index is 8.89. The summed E-state index contributed by atoms with van der Waals surface area (Å²) in [5, 5.41) is 15.1. The third kappa shape index (κ3) is 7.75. The predicted molar refractivity (Wildman–Crippen MR) is 54.9 cm³/mol. The second kappa shape index (κ2) is 7.31. The van der Waals surface area contributed by atoms with Crippen LogP contribution < -0.4 is 10.6 Å². The van der Waals surface area contributed by atoms with Crippen LogP contribution >= 0.6 is 12.2 Å². The van der Waals surface area contributed by atoms with Crippen LogP contribution in [0.1, 0.15) is 33.1 Å². The largest absolute Gasteiger partial charge is 0.374 e. The Morgan fingerprint density at radius 2 is 2.17 bits per heavy atom. The second-order valence-electron chi connectivity index (χ2n) is 2.78. The molecule has 1 unspecified atom stereocenters. The highest BCUT2D eigenvalue weighted by molar-refractivity contribution is 7.80. The van der Waals surface area contributed by atoms with Crippen molar-refractivity contribution in [3.05, 3.63) is 0 Å². The molecule has 0 rings (SSSR count). The van der Waals surface area contributed by atoms with Gasteiger partial charge < -0.3 is 15.7 Å². The SMILES string of the molecule is CCCCCNC(=S)NC(C)O. The summed E-state index contributed by atoms with van der Waals surface area (Å²) in [6, 6.07) is 0. The number of thiocarbonyl (C=S) groups is 1. The van der Waals surface area contributed by atoms with E-state index in [1.165, 1.54) is 12.8 Å². The molecule has 0 bridgehead atoms. The minimum atomic E-state index is -0.573. The van der Waals surface area contributed by atoms with Crippen LogP contribution in [0.2, 0.25) is 0 Å². The van der Waals surface area contributed by atoms with E-state index in [1.807, 2.05) is 0 Å². The van der Waals surface area contributed by atoms with Crippen LogP contribution in [0.5, 0.6) is 0 Å². The Bertz CT molecular complexity index is 128. The molecule has 0 saturated heterocycles. The minimum absolute atomic E-state index is 0.529. The average Bonchev–Trinajstić information content (AvgIpc) is 1.97. The molecule has 3 nitrogen and oxygen atoms in total. The topological polar surface area (TPSA) is 44.3 Å². The van der Waals surface area contributed by atoms with Gasteiger partial charge in [0.1, 0.15) is 6.23 Å². The molecule has 0 radical (unpaired) electrons. The van der Waals surface area contributed by atoms with Crippen molar-refractivity contribution >= 4 is 17.3 Å². The quantitative estimate of drug-likeness (QED) is 0.343. The van der Waals surface area contributed by atoms with E-state index in [0.717, 1.165) is 13.0 Å². The number of hydrogen-bond acceptors (Lipinski definition) is 2. The molecule has 0 aromatic heterocycles. The number of nitrogens with one attached hydrogen (secondary N) is 2. The molecule has 0 aliphatic rings. The van der Waals surface area contributed by atoms with Crippen molar-refractivity contribution in [1.29, 1.82) is 0 Å². The van der Waals surface area contributed by atoms with E-state index in [9.17, 15) is 0 Å². The molecule has 0 saturated carbocycles. The highest BCUT2D eigenvalue weighted by atomic mass is 32.1. The van der Waals surface area contributed by atoms with E-state index in [-0.39, 0.29) is 0 Å². The number of unbranched alkanes of at least 4 members (excludes halogenated alkanes) is 2. The first-order valence-electron chi connectivity index (χ1n) is 4.39. The highest BCUT2D eigenvalue weighted by Crippen LogP contribution is 1.90. The molecule has 0 amide bonds. The molecule has 0 aliphatic heterocycles. The molecule has 1 atom stereocenters. The lowest BCUT2D eigenvalue weighted by molar-refractivity contribution is 0.180. The van der Waals surface area contributed by atoms with Crippen molar-refractivity contribution in [1.82, 2.24) is 10.6 Å². The molecule has 3 N–H and O–H groups in total. The van der Waals surface area contributed by atoms with Crippen molar-refractivity contribution in [3.63, 3.8) is 0 Å². The summed E-state index contributed by atoms with van der Waals surface area (Å²) in [4.78, 5) is 0. The van der Waals surface area contributed by atoms with Gasteiger partial charge in [-0.2, -0.15) is 0 Å². The molecule has 0 aromatic carbocycles. The van der Waals surface area contributed by atoms with Gasteiger partial charge >= 0.3 is 0 Å². The Morgan fingerprint density at radius 1 is 1.50 bits per heavy atom. The van der Waals surface area contributed by atoms with Gasteiger partial charge in [0.15, 0.2) is 5.11 Å². The first-order valence-corrected chi connectivity index (χ1v) is 4.80. The molecule has 72 valence electrons. The van der Waals surface area contributed by atoms with Crippen LogP contribution in [0.4, 0.5) is 0 Å². The maximum absolute atomic E-state index is 8.89. The fraction of sp³-hybridized carbons (Fsp3) is 0.875. The summed E-state index contributed by atoms with van der Waals surface area (Å²) >= 11 is 4.90. The van der Waals surface area contributed by atoms with Gasteiger partial charge in [0, 0.05) is 6.54 Å². The lowest BCUT2D eigenvalue weighted by Crippen LogP contribution is -2.40. The first-order chi connectivity index (χ1) is 5.66. The van der Waals surface area contributed by atoms with Crippen LogP contribution in [0.3, 0.4) is 0 Å². The minimum Gasteiger partial charge on any atom is -0.374 e.